The predicted octanol–water partition coefficient (Wildman–Crippen LogP) is 5.73. The highest BCUT2D eigenvalue weighted by Gasteiger charge is 2.31. The summed E-state index contributed by atoms with van der Waals surface area (Å²) in [5.41, 5.74) is 1.54. The molecule has 0 heterocycles. The molecule has 1 aliphatic rings. The van der Waals surface area contributed by atoms with Crippen LogP contribution in [-0.2, 0) is 0 Å². The first-order chi connectivity index (χ1) is 12.3. The molecule has 1 saturated carbocycles. The van der Waals surface area contributed by atoms with E-state index in [4.69, 9.17) is 0 Å². The van der Waals surface area contributed by atoms with Gasteiger partial charge in [0, 0.05) is 23.5 Å². The van der Waals surface area contributed by atoms with Crippen LogP contribution in [0.25, 0.3) is 0 Å². The van der Waals surface area contributed by atoms with Crippen molar-refractivity contribution in [2.75, 3.05) is 0 Å². The summed E-state index contributed by atoms with van der Waals surface area (Å²) in [4.78, 5) is 25.8. The summed E-state index contributed by atoms with van der Waals surface area (Å²) in [7, 11) is 0. The van der Waals surface area contributed by atoms with Gasteiger partial charge in [-0.3, -0.25) is 9.59 Å². The molecule has 2 heteroatoms. The minimum absolute atomic E-state index is 0.0321. The molecule has 3 rings (SSSR count). The highest BCUT2D eigenvalue weighted by Crippen LogP contribution is 2.33. The van der Waals surface area contributed by atoms with Gasteiger partial charge in [-0.15, -0.1) is 0 Å². The molecule has 2 aromatic carbocycles. The Bertz CT molecular complexity index is 691. The molecule has 2 atom stereocenters. The average molecular weight is 334 g/mol. The minimum Gasteiger partial charge on any atom is -0.294 e. The van der Waals surface area contributed by atoms with E-state index in [0.717, 1.165) is 36.8 Å². The number of carbonyl (C=O) groups is 2. The van der Waals surface area contributed by atoms with E-state index in [2.05, 4.69) is 0 Å². The maximum Gasteiger partial charge on any atom is 0.166 e. The van der Waals surface area contributed by atoms with Crippen LogP contribution >= 0.6 is 0 Å². The molecule has 0 spiro atoms. The van der Waals surface area contributed by atoms with Crippen LogP contribution in [0.4, 0.5) is 0 Å². The number of rotatable bonds is 5. The molecule has 0 radical (unpaired) electrons. The van der Waals surface area contributed by atoms with Gasteiger partial charge in [-0.2, -0.15) is 0 Å². The van der Waals surface area contributed by atoms with Crippen LogP contribution in [0, 0.1) is 11.8 Å². The third-order valence-electron chi connectivity index (χ3n) is 5.35. The molecular formula is C23H26O2. The Labute approximate surface area is 150 Å². The first kappa shape index (κ1) is 17.6. The van der Waals surface area contributed by atoms with Crippen molar-refractivity contribution in [2.24, 2.45) is 11.8 Å². The van der Waals surface area contributed by atoms with Crippen LogP contribution in [-0.4, -0.2) is 11.6 Å². The summed E-state index contributed by atoms with van der Waals surface area (Å²) in [6.07, 6.45) is 6.96. The fraction of sp³-hybridized carbons (Fsp3) is 0.391. The van der Waals surface area contributed by atoms with Crippen molar-refractivity contribution in [1.29, 1.82) is 0 Å². The summed E-state index contributed by atoms with van der Waals surface area (Å²) >= 11 is 0. The molecule has 0 amide bonds. The van der Waals surface area contributed by atoms with E-state index in [0.29, 0.717) is 6.42 Å². The van der Waals surface area contributed by atoms with E-state index in [-0.39, 0.29) is 23.4 Å². The fourth-order valence-corrected chi connectivity index (χ4v) is 3.95. The van der Waals surface area contributed by atoms with Gasteiger partial charge in [-0.1, -0.05) is 86.3 Å². The van der Waals surface area contributed by atoms with Gasteiger partial charge in [0.1, 0.15) is 0 Å². The van der Waals surface area contributed by atoms with Gasteiger partial charge >= 0.3 is 0 Å². The number of hydrogen-bond acceptors (Lipinski definition) is 2. The Hall–Kier alpha value is -2.22. The van der Waals surface area contributed by atoms with Crippen LogP contribution in [0.2, 0.25) is 0 Å². The van der Waals surface area contributed by atoms with Crippen LogP contribution in [0.1, 0.15) is 65.7 Å². The summed E-state index contributed by atoms with van der Waals surface area (Å²) in [6.45, 7) is 0. The summed E-state index contributed by atoms with van der Waals surface area (Å²) in [6, 6.07) is 19.0. The first-order valence-corrected chi connectivity index (χ1v) is 9.43. The topological polar surface area (TPSA) is 34.1 Å². The molecule has 0 unspecified atom stereocenters. The highest BCUT2D eigenvalue weighted by molar-refractivity contribution is 5.99. The third-order valence-corrected chi connectivity index (χ3v) is 5.35. The molecule has 130 valence electrons. The largest absolute Gasteiger partial charge is 0.294 e. The highest BCUT2D eigenvalue weighted by atomic mass is 16.1. The Morgan fingerprint density at radius 3 is 1.92 bits per heavy atom. The number of Topliss-reactive ketones (excluding diaryl/α,β-unsaturated/α-hetero) is 2. The minimum atomic E-state index is -0.0321. The van der Waals surface area contributed by atoms with E-state index < -0.39 is 0 Å². The van der Waals surface area contributed by atoms with Gasteiger partial charge < -0.3 is 0 Å². The zero-order chi connectivity index (χ0) is 17.5. The van der Waals surface area contributed by atoms with Gasteiger partial charge in [0.15, 0.2) is 11.6 Å². The molecule has 2 nitrogen and oxygen atoms in total. The lowest BCUT2D eigenvalue weighted by Crippen LogP contribution is -2.27. The fourth-order valence-electron chi connectivity index (χ4n) is 3.95. The van der Waals surface area contributed by atoms with E-state index >= 15 is 0 Å². The quantitative estimate of drug-likeness (QED) is 0.654. The predicted molar refractivity (Wildman–Crippen MR) is 101 cm³/mol. The zero-order valence-corrected chi connectivity index (χ0v) is 14.7. The second-order valence-corrected chi connectivity index (χ2v) is 7.08. The van der Waals surface area contributed by atoms with E-state index in [1.807, 2.05) is 60.7 Å². The number of ketones is 2. The van der Waals surface area contributed by atoms with Crippen molar-refractivity contribution in [3.8, 4) is 0 Å². The first-order valence-electron chi connectivity index (χ1n) is 9.43. The average Bonchev–Trinajstić information content (AvgIpc) is 2.65. The van der Waals surface area contributed by atoms with Crippen molar-refractivity contribution in [3.63, 3.8) is 0 Å². The maximum absolute atomic E-state index is 13.1. The Kier molecular flexibility index (Phi) is 6.16. The van der Waals surface area contributed by atoms with Crippen LogP contribution in [0.15, 0.2) is 60.7 Å². The van der Waals surface area contributed by atoms with Gasteiger partial charge in [0.05, 0.1) is 0 Å². The standard InChI is InChI=1S/C23H26O2/c24-22(18-11-6-3-7-12-18)17-20-15-5-1-2-10-16-21(20)23(25)19-13-8-4-9-14-19/h3-4,6-9,11-14,20-21H,1-2,5,10,15-17H2/t20-,21-/m1/s1. The normalized spacial score (nSPS) is 21.1. The van der Waals surface area contributed by atoms with Crippen molar-refractivity contribution in [2.45, 2.75) is 44.9 Å². The molecular weight excluding hydrogens is 308 g/mol. The lowest BCUT2D eigenvalue weighted by atomic mass is 9.75. The van der Waals surface area contributed by atoms with Crippen molar-refractivity contribution in [3.05, 3.63) is 71.8 Å². The lowest BCUT2D eigenvalue weighted by Gasteiger charge is -2.28. The van der Waals surface area contributed by atoms with Crippen LogP contribution < -0.4 is 0 Å². The maximum atomic E-state index is 13.1. The molecule has 0 aromatic heterocycles. The molecule has 0 aliphatic heterocycles. The molecule has 0 bridgehead atoms. The monoisotopic (exact) mass is 334 g/mol. The lowest BCUT2D eigenvalue weighted by molar-refractivity contribution is 0.0805. The Balaban J connectivity index is 1.79. The number of carbonyl (C=O) groups excluding carboxylic acids is 2. The van der Waals surface area contributed by atoms with Gasteiger partial charge in [-0.25, -0.2) is 0 Å². The van der Waals surface area contributed by atoms with E-state index in [1.54, 1.807) is 0 Å². The molecule has 25 heavy (non-hydrogen) atoms. The molecule has 2 aromatic rings. The number of hydrogen-bond donors (Lipinski definition) is 0. The zero-order valence-electron chi connectivity index (χ0n) is 14.7. The molecule has 1 aliphatic carbocycles. The van der Waals surface area contributed by atoms with E-state index in [1.165, 1.54) is 12.8 Å². The molecule has 0 saturated heterocycles. The second-order valence-electron chi connectivity index (χ2n) is 7.08. The summed E-state index contributed by atoms with van der Waals surface area (Å²) in [5.74, 6) is 0.501. The Morgan fingerprint density at radius 2 is 1.28 bits per heavy atom. The second kappa shape index (κ2) is 8.75. The number of benzene rings is 2. The summed E-state index contributed by atoms with van der Waals surface area (Å²) in [5, 5.41) is 0. The van der Waals surface area contributed by atoms with Crippen LogP contribution in [0.5, 0.6) is 0 Å². The van der Waals surface area contributed by atoms with Crippen LogP contribution in [0.3, 0.4) is 0 Å². The van der Waals surface area contributed by atoms with Crippen molar-refractivity contribution in [1.82, 2.24) is 0 Å². The molecule has 0 N–H and O–H groups in total. The van der Waals surface area contributed by atoms with Gasteiger partial charge in [0.25, 0.3) is 0 Å². The third kappa shape index (κ3) is 4.66. The molecule has 1 fully saturated rings. The van der Waals surface area contributed by atoms with Gasteiger partial charge in [-0.05, 0) is 18.8 Å². The van der Waals surface area contributed by atoms with E-state index in [9.17, 15) is 9.59 Å². The SMILES string of the molecule is O=C(C[C@H]1CCCCCC[C@H]1C(=O)c1ccccc1)c1ccccc1. The summed E-state index contributed by atoms with van der Waals surface area (Å²) < 4.78 is 0. The smallest absolute Gasteiger partial charge is 0.166 e. The van der Waals surface area contributed by atoms with Crippen molar-refractivity contribution >= 4 is 11.6 Å². The van der Waals surface area contributed by atoms with Gasteiger partial charge in [0.2, 0.25) is 0 Å². The van der Waals surface area contributed by atoms with Crippen molar-refractivity contribution < 1.29 is 9.59 Å². The Morgan fingerprint density at radius 1 is 0.720 bits per heavy atom.